The Morgan fingerprint density at radius 3 is 2.62 bits per heavy atom. The lowest BCUT2D eigenvalue weighted by atomic mass is 10.1. The monoisotopic (exact) mass is 378 g/mol. The van der Waals surface area contributed by atoms with Crippen LogP contribution in [0.15, 0.2) is 41.1 Å². The molecule has 21 heavy (non-hydrogen) atoms. The van der Waals surface area contributed by atoms with E-state index in [1.165, 1.54) is 30.5 Å². The number of nitrogens with one attached hydrogen (secondary N) is 1. The third-order valence-electron chi connectivity index (χ3n) is 2.55. The molecule has 0 aliphatic heterocycles. The lowest BCUT2D eigenvalue weighted by Gasteiger charge is -2.15. The Balaban J connectivity index is 2.38. The average Bonchev–Trinajstić information content (AvgIpc) is 2.39. The van der Waals surface area contributed by atoms with Crippen molar-refractivity contribution >= 4 is 39.1 Å². The third-order valence-corrected chi connectivity index (χ3v) is 3.29. The van der Waals surface area contributed by atoms with Gasteiger partial charge in [-0.05, 0) is 40.2 Å². The minimum absolute atomic E-state index is 0.157. The summed E-state index contributed by atoms with van der Waals surface area (Å²) in [4.78, 5) is 15.8. The van der Waals surface area contributed by atoms with Crippen molar-refractivity contribution in [3.05, 3.63) is 57.3 Å². The van der Waals surface area contributed by atoms with E-state index in [1.54, 1.807) is 0 Å². The van der Waals surface area contributed by atoms with Crippen LogP contribution in [0, 0.1) is 0 Å². The van der Waals surface area contributed by atoms with Gasteiger partial charge in [0.15, 0.2) is 0 Å². The summed E-state index contributed by atoms with van der Waals surface area (Å²) < 4.78 is 39.1. The highest BCUT2D eigenvalue weighted by Crippen LogP contribution is 2.38. The summed E-state index contributed by atoms with van der Waals surface area (Å²) in [6.07, 6.45) is -3.26. The number of alkyl halides is 3. The smallest absolute Gasteiger partial charge is 0.320 e. The highest BCUT2D eigenvalue weighted by molar-refractivity contribution is 9.10. The topological polar surface area (TPSA) is 42.0 Å². The molecule has 1 amide bonds. The van der Waals surface area contributed by atoms with Crippen LogP contribution in [0.2, 0.25) is 5.02 Å². The number of aromatic nitrogens is 1. The number of hydrogen-bond donors (Lipinski definition) is 1. The van der Waals surface area contributed by atoms with Crippen molar-refractivity contribution < 1.29 is 18.0 Å². The maximum absolute atomic E-state index is 12.9. The average molecular weight is 380 g/mol. The lowest BCUT2D eigenvalue weighted by molar-refractivity contribution is -0.136. The molecule has 1 aromatic carbocycles. The fourth-order valence-corrected chi connectivity index (χ4v) is 2.20. The summed E-state index contributed by atoms with van der Waals surface area (Å²) in [6.45, 7) is 0. The van der Waals surface area contributed by atoms with Gasteiger partial charge in [-0.15, -0.1) is 0 Å². The second-order valence-corrected chi connectivity index (χ2v) is 5.20. The van der Waals surface area contributed by atoms with Crippen LogP contribution in [0.4, 0.5) is 18.9 Å². The number of nitrogens with zero attached hydrogens (tertiary/aromatic N) is 1. The summed E-state index contributed by atoms with van der Waals surface area (Å²) in [7, 11) is 0. The number of halogens is 5. The van der Waals surface area contributed by atoms with E-state index in [4.69, 9.17) is 11.6 Å². The Bertz CT molecular complexity index is 691. The molecule has 1 heterocycles. The molecule has 0 aliphatic carbocycles. The zero-order valence-electron chi connectivity index (χ0n) is 10.2. The number of carbonyl (C=O) groups excluding carboxylic acids is 1. The van der Waals surface area contributed by atoms with Gasteiger partial charge in [0.25, 0.3) is 5.91 Å². The van der Waals surface area contributed by atoms with E-state index in [9.17, 15) is 18.0 Å². The molecule has 1 N–H and O–H groups in total. The number of rotatable bonds is 2. The van der Waals surface area contributed by atoms with Crippen molar-refractivity contribution in [3.63, 3.8) is 0 Å². The zero-order chi connectivity index (χ0) is 15.6. The number of pyridine rings is 1. The Labute approximate surface area is 131 Å². The van der Waals surface area contributed by atoms with Crippen molar-refractivity contribution in [1.82, 2.24) is 4.98 Å². The molecule has 1 aromatic heterocycles. The van der Waals surface area contributed by atoms with E-state index in [1.807, 2.05) is 0 Å². The van der Waals surface area contributed by atoms with E-state index in [0.717, 1.165) is 6.07 Å². The van der Waals surface area contributed by atoms with E-state index < -0.39 is 23.3 Å². The van der Waals surface area contributed by atoms with Crippen molar-refractivity contribution in [2.75, 3.05) is 5.32 Å². The van der Waals surface area contributed by atoms with Crippen molar-refractivity contribution in [2.45, 2.75) is 6.18 Å². The van der Waals surface area contributed by atoms with Gasteiger partial charge in [-0.25, -0.2) is 4.98 Å². The first-order chi connectivity index (χ1) is 9.79. The van der Waals surface area contributed by atoms with Crippen molar-refractivity contribution in [3.8, 4) is 0 Å². The predicted molar refractivity (Wildman–Crippen MR) is 76.3 cm³/mol. The molecular weight excluding hydrogens is 373 g/mol. The zero-order valence-corrected chi connectivity index (χ0v) is 12.6. The number of para-hydroxylation sites is 1. The molecule has 0 bridgehead atoms. The van der Waals surface area contributed by atoms with Crippen molar-refractivity contribution in [2.24, 2.45) is 0 Å². The Morgan fingerprint density at radius 2 is 2.00 bits per heavy atom. The van der Waals surface area contributed by atoms with Crippen LogP contribution >= 0.6 is 27.5 Å². The SMILES string of the molecule is O=C(Nc1c(Cl)cccc1C(F)(F)F)c1ccnc(Br)c1. The fourth-order valence-electron chi connectivity index (χ4n) is 1.62. The van der Waals surface area contributed by atoms with E-state index >= 15 is 0 Å². The molecule has 2 rings (SSSR count). The first-order valence-corrected chi connectivity index (χ1v) is 6.75. The minimum Gasteiger partial charge on any atom is -0.320 e. The predicted octanol–water partition coefficient (Wildman–Crippen LogP) is 4.77. The van der Waals surface area contributed by atoms with Gasteiger partial charge in [0.1, 0.15) is 4.60 Å². The molecule has 110 valence electrons. The summed E-state index contributed by atoms with van der Waals surface area (Å²) in [5.74, 6) is -0.711. The van der Waals surface area contributed by atoms with Gasteiger partial charge in [0.05, 0.1) is 16.3 Å². The molecule has 0 fully saturated rings. The summed E-state index contributed by atoms with van der Waals surface area (Å²) in [5.41, 5.74) is -1.31. The molecule has 0 radical (unpaired) electrons. The quantitative estimate of drug-likeness (QED) is 0.764. The normalized spacial score (nSPS) is 11.3. The van der Waals surface area contributed by atoms with E-state index in [2.05, 4.69) is 26.2 Å². The third kappa shape index (κ3) is 3.74. The Hall–Kier alpha value is -1.60. The van der Waals surface area contributed by atoms with Crippen LogP contribution in [0.5, 0.6) is 0 Å². The highest BCUT2D eigenvalue weighted by Gasteiger charge is 2.34. The molecule has 0 aliphatic rings. The minimum atomic E-state index is -4.62. The molecule has 0 saturated carbocycles. The summed E-state index contributed by atoms with van der Waals surface area (Å²) in [6, 6.07) is 6.06. The molecule has 0 saturated heterocycles. The molecule has 2 aromatic rings. The highest BCUT2D eigenvalue weighted by atomic mass is 79.9. The van der Waals surface area contributed by atoms with Crippen molar-refractivity contribution in [1.29, 1.82) is 0 Å². The van der Waals surface area contributed by atoms with Gasteiger partial charge in [0.2, 0.25) is 0 Å². The Kier molecular flexibility index (Phi) is 4.53. The van der Waals surface area contributed by atoms with Gasteiger partial charge in [-0.1, -0.05) is 17.7 Å². The Morgan fingerprint density at radius 1 is 1.29 bits per heavy atom. The van der Waals surface area contributed by atoms with Gasteiger partial charge in [-0.3, -0.25) is 4.79 Å². The molecule has 0 unspecified atom stereocenters. The van der Waals surface area contributed by atoms with Crippen LogP contribution < -0.4 is 5.32 Å². The van der Waals surface area contributed by atoms with E-state index in [-0.39, 0.29) is 10.6 Å². The van der Waals surface area contributed by atoms with Crippen LogP contribution in [-0.2, 0) is 6.18 Å². The first kappa shape index (κ1) is 15.8. The lowest BCUT2D eigenvalue weighted by Crippen LogP contribution is -2.17. The van der Waals surface area contributed by atoms with Crippen LogP contribution in [-0.4, -0.2) is 10.9 Å². The van der Waals surface area contributed by atoms with Crippen LogP contribution in [0.25, 0.3) is 0 Å². The van der Waals surface area contributed by atoms with Gasteiger partial charge < -0.3 is 5.32 Å². The van der Waals surface area contributed by atoms with E-state index in [0.29, 0.717) is 4.60 Å². The van der Waals surface area contributed by atoms with Gasteiger partial charge >= 0.3 is 6.18 Å². The number of benzene rings is 1. The number of anilines is 1. The van der Waals surface area contributed by atoms with Crippen LogP contribution in [0.3, 0.4) is 0 Å². The van der Waals surface area contributed by atoms with Crippen LogP contribution in [0.1, 0.15) is 15.9 Å². The molecule has 0 spiro atoms. The molecule has 0 atom stereocenters. The largest absolute Gasteiger partial charge is 0.418 e. The molecule has 3 nitrogen and oxygen atoms in total. The summed E-state index contributed by atoms with van der Waals surface area (Å²) in [5, 5.41) is 2.00. The van der Waals surface area contributed by atoms with Gasteiger partial charge in [0, 0.05) is 11.8 Å². The number of amides is 1. The fraction of sp³-hybridized carbons (Fsp3) is 0.0769. The second-order valence-electron chi connectivity index (χ2n) is 3.98. The van der Waals surface area contributed by atoms with Gasteiger partial charge in [-0.2, -0.15) is 13.2 Å². The first-order valence-electron chi connectivity index (χ1n) is 5.57. The second kappa shape index (κ2) is 6.03. The molecule has 8 heteroatoms. The standard InChI is InChI=1S/C13H7BrClF3N2O/c14-10-6-7(4-5-19-10)12(21)20-11-8(13(16,17)18)2-1-3-9(11)15/h1-6H,(H,20,21). The maximum atomic E-state index is 12.9. The number of hydrogen-bond acceptors (Lipinski definition) is 2. The number of carbonyl (C=O) groups is 1. The molecular formula is C13H7BrClF3N2O. The maximum Gasteiger partial charge on any atom is 0.418 e. The summed E-state index contributed by atoms with van der Waals surface area (Å²) >= 11 is 8.84.